The van der Waals surface area contributed by atoms with Crippen molar-refractivity contribution in [3.05, 3.63) is 64.7 Å². The van der Waals surface area contributed by atoms with Crippen molar-refractivity contribution in [2.45, 2.75) is 32.2 Å². The van der Waals surface area contributed by atoms with Crippen molar-refractivity contribution in [3.8, 4) is 6.07 Å². The van der Waals surface area contributed by atoms with E-state index in [0.717, 1.165) is 5.56 Å². The summed E-state index contributed by atoms with van der Waals surface area (Å²) in [6.07, 6.45) is 0. The largest absolute Gasteiger partial charge is 0.320 e. The number of hydrazine groups is 1. The number of halogens is 1. The lowest BCUT2D eigenvalue weighted by atomic mass is 9.86. The number of ketones is 1. The molecule has 0 fully saturated rings. The third-order valence-corrected chi connectivity index (χ3v) is 3.85. The second kappa shape index (κ2) is 7.48. The number of hydrogen-bond acceptors (Lipinski definition) is 4. The van der Waals surface area contributed by atoms with Gasteiger partial charge in [-0.2, -0.15) is 5.26 Å². The normalized spacial score (nSPS) is 12.3. The molecule has 0 amide bonds. The van der Waals surface area contributed by atoms with Gasteiger partial charge in [0.2, 0.25) is 0 Å². The molecule has 0 spiro atoms. The number of hydrogen-bond donors (Lipinski definition) is 2. The van der Waals surface area contributed by atoms with Gasteiger partial charge in [0.15, 0.2) is 11.8 Å². The van der Waals surface area contributed by atoms with Crippen LogP contribution in [-0.4, -0.2) is 11.8 Å². The van der Waals surface area contributed by atoms with Crippen LogP contribution >= 0.6 is 11.6 Å². The summed E-state index contributed by atoms with van der Waals surface area (Å²) in [5.41, 5.74) is 7.91. The van der Waals surface area contributed by atoms with Crippen LogP contribution in [0.15, 0.2) is 48.5 Å². The first-order valence-electron chi connectivity index (χ1n) is 7.63. The van der Waals surface area contributed by atoms with Crippen molar-refractivity contribution in [2.75, 3.05) is 5.43 Å². The maximum atomic E-state index is 12.5. The molecule has 0 heterocycles. The summed E-state index contributed by atoms with van der Waals surface area (Å²) >= 11 is 5.90. The molecule has 0 bridgehead atoms. The van der Waals surface area contributed by atoms with Gasteiger partial charge in [-0.1, -0.05) is 62.7 Å². The number of Topliss-reactive ketones (excluding diaryl/α,β-unsaturated/α-hetero) is 1. The maximum absolute atomic E-state index is 12.5. The monoisotopic (exact) mass is 341 g/mol. The number of benzene rings is 2. The highest BCUT2D eigenvalue weighted by atomic mass is 35.5. The van der Waals surface area contributed by atoms with Gasteiger partial charge in [-0.25, -0.2) is 5.43 Å². The Bertz CT molecular complexity index is 757. The molecular formula is C19H20ClN3O. The van der Waals surface area contributed by atoms with Crippen LogP contribution < -0.4 is 10.9 Å². The summed E-state index contributed by atoms with van der Waals surface area (Å²) in [5, 5.41) is 9.84. The van der Waals surface area contributed by atoms with Crippen molar-refractivity contribution in [3.63, 3.8) is 0 Å². The van der Waals surface area contributed by atoms with Crippen molar-refractivity contribution < 1.29 is 4.79 Å². The Hall–Kier alpha value is -2.35. The molecule has 4 nitrogen and oxygen atoms in total. The summed E-state index contributed by atoms with van der Waals surface area (Å²) < 4.78 is 0. The first kappa shape index (κ1) is 18.0. The zero-order valence-corrected chi connectivity index (χ0v) is 14.7. The van der Waals surface area contributed by atoms with Gasteiger partial charge in [0.25, 0.3) is 0 Å². The molecule has 124 valence electrons. The predicted octanol–water partition coefficient (Wildman–Crippen LogP) is 4.33. The van der Waals surface area contributed by atoms with E-state index in [0.29, 0.717) is 16.3 Å². The molecule has 1 atom stereocenters. The van der Waals surface area contributed by atoms with E-state index in [2.05, 4.69) is 31.6 Å². The molecule has 0 saturated heterocycles. The van der Waals surface area contributed by atoms with Crippen LogP contribution in [0.3, 0.4) is 0 Å². The van der Waals surface area contributed by atoms with Gasteiger partial charge < -0.3 is 5.43 Å². The molecule has 0 radical (unpaired) electrons. The van der Waals surface area contributed by atoms with Crippen LogP contribution in [0.4, 0.5) is 5.69 Å². The average molecular weight is 342 g/mol. The second-order valence-electron chi connectivity index (χ2n) is 6.53. The summed E-state index contributed by atoms with van der Waals surface area (Å²) in [4.78, 5) is 12.5. The number of rotatable bonds is 5. The Balaban J connectivity index is 2.07. The van der Waals surface area contributed by atoms with Crippen molar-refractivity contribution in [1.82, 2.24) is 5.43 Å². The Morgan fingerprint density at radius 3 is 2.38 bits per heavy atom. The third-order valence-electron chi connectivity index (χ3n) is 3.61. The molecular weight excluding hydrogens is 322 g/mol. The topological polar surface area (TPSA) is 64.9 Å². The molecule has 0 aliphatic rings. The molecule has 24 heavy (non-hydrogen) atoms. The number of nitrogens with one attached hydrogen (secondary N) is 2. The lowest BCUT2D eigenvalue weighted by Crippen LogP contribution is -2.39. The lowest BCUT2D eigenvalue weighted by Gasteiger charge is -2.19. The van der Waals surface area contributed by atoms with E-state index < -0.39 is 6.04 Å². The average Bonchev–Trinajstić information content (AvgIpc) is 2.54. The van der Waals surface area contributed by atoms with E-state index in [1.54, 1.807) is 36.4 Å². The summed E-state index contributed by atoms with van der Waals surface area (Å²) in [5.74, 6) is -0.285. The van der Waals surface area contributed by atoms with Crippen LogP contribution in [-0.2, 0) is 5.41 Å². The first-order valence-corrected chi connectivity index (χ1v) is 8.00. The molecule has 2 N–H and O–H groups in total. The van der Waals surface area contributed by atoms with Gasteiger partial charge in [-0.15, -0.1) is 0 Å². The van der Waals surface area contributed by atoms with E-state index in [-0.39, 0.29) is 11.2 Å². The molecule has 0 aliphatic carbocycles. The fourth-order valence-electron chi connectivity index (χ4n) is 2.18. The summed E-state index contributed by atoms with van der Waals surface area (Å²) in [7, 11) is 0. The van der Waals surface area contributed by atoms with E-state index >= 15 is 0 Å². The van der Waals surface area contributed by atoms with E-state index in [1.807, 2.05) is 18.2 Å². The number of carbonyl (C=O) groups is 1. The number of nitrogens with zero attached hydrogens (tertiary/aromatic N) is 1. The molecule has 5 heteroatoms. The third kappa shape index (κ3) is 4.58. The molecule has 0 aromatic heterocycles. The van der Waals surface area contributed by atoms with Gasteiger partial charge in [0, 0.05) is 10.6 Å². The van der Waals surface area contributed by atoms with E-state index in [9.17, 15) is 10.1 Å². The quantitative estimate of drug-likeness (QED) is 0.627. The van der Waals surface area contributed by atoms with Gasteiger partial charge in [0.1, 0.15) is 0 Å². The van der Waals surface area contributed by atoms with Gasteiger partial charge >= 0.3 is 0 Å². The summed E-state index contributed by atoms with van der Waals surface area (Å²) in [6, 6.07) is 15.4. The maximum Gasteiger partial charge on any atom is 0.195 e. The predicted molar refractivity (Wildman–Crippen MR) is 97.1 cm³/mol. The number of nitriles is 1. The van der Waals surface area contributed by atoms with Crippen LogP contribution in [0, 0.1) is 11.3 Å². The van der Waals surface area contributed by atoms with Crippen LogP contribution in [0.2, 0.25) is 5.02 Å². The molecule has 2 rings (SSSR count). The lowest BCUT2D eigenvalue weighted by molar-refractivity contribution is 0.0969. The Labute approximate surface area is 147 Å². The first-order chi connectivity index (χ1) is 11.3. The van der Waals surface area contributed by atoms with Crippen molar-refractivity contribution in [2.24, 2.45) is 0 Å². The second-order valence-corrected chi connectivity index (χ2v) is 6.97. The molecule has 0 saturated carbocycles. The fourth-order valence-corrected chi connectivity index (χ4v) is 2.37. The minimum absolute atomic E-state index is 0.0165. The number of carbonyl (C=O) groups excluding carboxylic acids is 1. The minimum atomic E-state index is -0.996. The fraction of sp³-hybridized carbons (Fsp3) is 0.263. The smallest absolute Gasteiger partial charge is 0.195 e. The zero-order chi connectivity index (χ0) is 17.7. The number of anilines is 1. The van der Waals surface area contributed by atoms with Crippen LogP contribution in [0.25, 0.3) is 0 Å². The van der Waals surface area contributed by atoms with Crippen molar-refractivity contribution in [1.29, 1.82) is 5.26 Å². The molecule has 2 aromatic carbocycles. The van der Waals surface area contributed by atoms with Gasteiger partial charge in [0.05, 0.1) is 11.8 Å². The van der Waals surface area contributed by atoms with Gasteiger partial charge in [-0.3, -0.25) is 4.79 Å². The van der Waals surface area contributed by atoms with Gasteiger partial charge in [-0.05, 0) is 29.2 Å². The Morgan fingerprint density at radius 1 is 1.17 bits per heavy atom. The van der Waals surface area contributed by atoms with E-state index in [1.165, 1.54) is 0 Å². The molecule has 0 aliphatic heterocycles. The highest BCUT2D eigenvalue weighted by molar-refractivity contribution is 6.30. The standard InChI is InChI=1S/C19H20ClN3O/c1-19(2,3)14-9-7-13(8-10-14)18(24)17(12-21)23-22-16-6-4-5-15(20)11-16/h4-11,17,22-23H,1-3H3. The highest BCUT2D eigenvalue weighted by Gasteiger charge is 2.20. The van der Waals surface area contributed by atoms with Crippen LogP contribution in [0.5, 0.6) is 0 Å². The van der Waals surface area contributed by atoms with Crippen molar-refractivity contribution >= 4 is 23.1 Å². The Kier molecular flexibility index (Phi) is 5.61. The molecule has 2 aromatic rings. The SMILES string of the molecule is CC(C)(C)c1ccc(C(=O)C(C#N)NNc2cccc(Cl)c2)cc1. The Morgan fingerprint density at radius 2 is 1.83 bits per heavy atom. The molecule has 1 unspecified atom stereocenters. The highest BCUT2D eigenvalue weighted by Crippen LogP contribution is 2.22. The van der Waals surface area contributed by atoms with E-state index in [4.69, 9.17) is 11.6 Å². The minimum Gasteiger partial charge on any atom is -0.320 e. The zero-order valence-electron chi connectivity index (χ0n) is 13.9. The van der Waals surface area contributed by atoms with Crippen LogP contribution in [0.1, 0.15) is 36.7 Å². The summed E-state index contributed by atoms with van der Waals surface area (Å²) in [6.45, 7) is 6.33.